The van der Waals surface area contributed by atoms with Crippen molar-refractivity contribution in [3.05, 3.63) is 0 Å². The Morgan fingerprint density at radius 3 is 1.56 bits per heavy atom. The lowest BCUT2D eigenvalue weighted by atomic mass is 9.69. The SMILES string of the molecule is C.CC1CCC(OC(F)(F)C2CCC(C3CCC(C)CC3)CC2)CC1.[HH].[HH].[HH]. The monoisotopic (exact) mass is 364 g/mol. The van der Waals surface area contributed by atoms with Crippen molar-refractivity contribution in [2.75, 3.05) is 0 Å². The first-order chi connectivity index (χ1) is 11.4. The van der Waals surface area contributed by atoms with Crippen LogP contribution in [-0.2, 0) is 4.74 Å². The molecule has 0 aromatic heterocycles. The third-order valence-corrected chi connectivity index (χ3v) is 7.26. The Balaban J connectivity index is 0. The molecule has 25 heavy (non-hydrogen) atoms. The van der Waals surface area contributed by atoms with Gasteiger partial charge in [-0.2, -0.15) is 8.78 Å². The molecule has 3 rings (SSSR count). The fraction of sp³-hybridized carbons (Fsp3) is 1.00. The molecule has 0 atom stereocenters. The number of hydrogen-bond acceptors (Lipinski definition) is 1. The predicted molar refractivity (Wildman–Crippen MR) is 107 cm³/mol. The van der Waals surface area contributed by atoms with Gasteiger partial charge in [-0.25, -0.2) is 0 Å². The van der Waals surface area contributed by atoms with Crippen LogP contribution in [0.3, 0.4) is 0 Å². The summed E-state index contributed by atoms with van der Waals surface area (Å²) in [6.45, 7) is 4.55. The average Bonchev–Trinajstić information content (AvgIpc) is 2.58. The molecule has 0 radical (unpaired) electrons. The van der Waals surface area contributed by atoms with Crippen LogP contribution in [0.25, 0.3) is 0 Å². The summed E-state index contributed by atoms with van der Waals surface area (Å²) < 4.78 is 34.5. The fourth-order valence-corrected chi connectivity index (χ4v) is 5.35. The molecule has 0 aliphatic heterocycles. The van der Waals surface area contributed by atoms with E-state index in [1.54, 1.807) is 0 Å². The summed E-state index contributed by atoms with van der Waals surface area (Å²) in [4.78, 5) is 0. The summed E-state index contributed by atoms with van der Waals surface area (Å²) >= 11 is 0. The maximum atomic E-state index is 14.6. The molecule has 0 amide bonds. The average molecular weight is 365 g/mol. The number of rotatable bonds is 4. The molecule has 3 aliphatic rings. The lowest BCUT2D eigenvalue weighted by molar-refractivity contribution is -0.302. The third kappa shape index (κ3) is 5.65. The van der Waals surface area contributed by atoms with Crippen LogP contribution in [-0.4, -0.2) is 12.2 Å². The Labute approximate surface area is 158 Å². The number of ether oxygens (including phenoxy) is 1. The van der Waals surface area contributed by atoms with Crippen LogP contribution in [0.4, 0.5) is 8.78 Å². The zero-order valence-corrected chi connectivity index (χ0v) is 15.6. The van der Waals surface area contributed by atoms with E-state index in [9.17, 15) is 8.78 Å². The van der Waals surface area contributed by atoms with Gasteiger partial charge in [0.1, 0.15) is 0 Å². The van der Waals surface area contributed by atoms with E-state index in [0.29, 0.717) is 24.7 Å². The Morgan fingerprint density at radius 2 is 1.08 bits per heavy atom. The second-order valence-electron chi connectivity index (χ2n) is 9.19. The second-order valence-corrected chi connectivity index (χ2v) is 9.19. The van der Waals surface area contributed by atoms with Crippen molar-refractivity contribution in [3.63, 3.8) is 0 Å². The molecule has 0 heterocycles. The van der Waals surface area contributed by atoms with Gasteiger partial charge in [-0.05, 0) is 87.9 Å². The highest BCUT2D eigenvalue weighted by Gasteiger charge is 2.45. The summed E-state index contributed by atoms with van der Waals surface area (Å²) in [7, 11) is 0. The third-order valence-electron chi connectivity index (χ3n) is 7.26. The molecule has 0 bridgehead atoms. The van der Waals surface area contributed by atoms with Crippen molar-refractivity contribution >= 4 is 0 Å². The first kappa shape index (κ1) is 21.1. The number of halogens is 2. The normalized spacial score (nSPS) is 40.3. The van der Waals surface area contributed by atoms with Crippen molar-refractivity contribution in [2.24, 2.45) is 29.6 Å². The van der Waals surface area contributed by atoms with Crippen LogP contribution >= 0.6 is 0 Å². The van der Waals surface area contributed by atoms with Crippen molar-refractivity contribution in [1.82, 2.24) is 0 Å². The highest BCUT2D eigenvalue weighted by atomic mass is 19.3. The Bertz CT molecular complexity index is 387. The van der Waals surface area contributed by atoms with E-state index in [4.69, 9.17) is 4.74 Å². The van der Waals surface area contributed by atoms with E-state index in [1.165, 1.54) is 25.7 Å². The van der Waals surface area contributed by atoms with E-state index < -0.39 is 12.0 Å². The maximum absolute atomic E-state index is 14.6. The van der Waals surface area contributed by atoms with Gasteiger partial charge in [0.2, 0.25) is 0 Å². The lowest BCUT2D eigenvalue weighted by Gasteiger charge is -2.40. The van der Waals surface area contributed by atoms with Gasteiger partial charge >= 0.3 is 6.11 Å². The first-order valence-corrected chi connectivity index (χ1v) is 10.5. The molecule has 0 unspecified atom stereocenters. The quantitative estimate of drug-likeness (QED) is 0.488. The molecule has 0 aromatic carbocycles. The van der Waals surface area contributed by atoms with Gasteiger partial charge < -0.3 is 4.74 Å². The molecule has 3 saturated carbocycles. The van der Waals surface area contributed by atoms with Gasteiger partial charge in [0.15, 0.2) is 0 Å². The highest BCUT2D eigenvalue weighted by Crippen LogP contribution is 2.46. The van der Waals surface area contributed by atoms with Crippen LogP contribution in [0.5, 0.6) is 0 Å². The van der Waals surface area contributed by atoms with Crippen molar-refractivity contribution in [1.29, 1.82) is 0 Å². The molecule has 154 valence electrons. The van der Waals surface area contributed by atoms with Crippen LogP contribution < -0.4 is 0 Å². The lowest BCUT2D eigenvalue weighted by Crippen LogP contribution is -2.39. The zero-order valence-electron chi connectivity index (χ0n) is 15.6. The van der Waals surface area contributed by atoms with E-state index in [1.807, 2.05) is 0 Å². The number of hydrogen-bond donors (Lipinski definition) is 0. The van der Waals surface area contributed by atoms with Gasteiger partial charge in [0.05, 0.1) is 12.0 Å². The summed E-state index contributed by atoms with van der Waals surface area (Å²) in [6, 6.07) is 0. The molecular formula is C22H46F2O. The van der Waals surface area contributed by atoms with Crippen molar-refractivity contribution < 1.29 is 17.8 Å². The number of alkyl halides is 2. The summed E-state index contributed by atoms with van der Waals surface area (Å²) in [5.41, 5.74) is 0. The second kappa shape index (κ2) is 9.15. The van der Waals surface area contributed by atoms with E-state index in [-0.39, 0.29) is 17.8 Å². The first-order valence-electron chi connectivity index (χ1n) is 10.5. The van der Waals surface area contributed by atoms with Crippen molar-refractivity contribution in [2.45, 2.75) is 111 Å². The van der Waals surface area contributed by atoms with Crippen LogP contribution in [0.1, 0.15) is 103 Å². The molecule has 0 N–H and O–H groups in total. The van der Waals surface area contributed by atoms with Crippen molar-refractivity contribution in [3.8, 4) is 0 Å². The minimum atomic E-state index is -2.91. The van der Waals surface area contributed by atoms with Gasteiger partial charge in [-0.15, -0.1) is 0 Å². The van der Waals surface area contributed by atoms with Crippen LogP contribution in [0.2, 0.25) is 0 Å². The predicted octanol–water partition coefficient (Wildman–Crippen LogP) is 8.18. The fourth-order valence-electron chi connectivity index (χ4n) is 5.35. The molecule has 0 saturated heterocycles. The smallest absolute Gasteiger partial charge is 0.317 e. The molecule has 3 aliphatic carbocycles. The van der Waals surface area contributed by atoms with Crippen LogP contribution in [0, 0.1) is 29.6 Å². The Hall–Kier alpha value is -0.180. The van der Waals surface area contributed by atoms with Gasteiger partial charge in [0, 0.05) is 4.28 Å². The Kier molecular flexibility index (Phi) is 7.73. The molecule has 3 heteroatoms. The molecule has 0 spiro atoms. The van der Waals surface area contributed by atoms with Gasteiger partial charge in [-0.1, -0.05) is 34.1 Å². The molecule has 0 aromatic rings. The largest absolute Gasteiger partial charge is 0.358 e. The maximum Gasteiger partial charge on any atom is 0.358 e. The van der Waals surface area contributed by atoms with E-state index in [0.717, 1.165) is 50.4 Å². The molecule has 3 fully saturated rings. The summed E-state index contributed by atoms with van der Waals surface area (Å²) in [6.07, 6.45) is 9.20. The minimum Gasteiger partial charge on any atom is -0.317 e. The summed E-state index contributed by atoms with van der Waals surface area (Å²) in [5.74, 6) is 2.49. The van der Waals surface area contributed by atoms with E-state index >= 15 is 0 Å². The van der Waals surface area contributed by atoms with E-state index in [2.05, 4.69) is 13.8 Å². The topological polar surface area (TPSA) is 9.23 Å². The zero-order chi connectivity index (χ0) is 17.2. The van der Waals surface area contributed by atoms with Gasteiger partial charge in [0.25, 0.3) is 0 Å². The van der Waals surface area contributed by atoms with Gasteiger partial charge in [-0.3, -0.25) is 0 Å². The summed E-state index contributed by atoms with van der Waals surface area (Å²) in [5, 5.41) is 0. The minimum absolute atomic E-state index is 0. The Morgan fingerprint density at radius 1 is 0.680 bits per heavy atom. The standard InChI is InChI=1S/C21H36F2O.CH4.3H2/c1-15-3-7-17(8-4-15)18-9-11-19(12-10-18)21(22,23)24-20-13-5-16(2)6-14-20;;;;/h15-20H,3-14H2,1-2H3;1H4;3*1H. The van der Waals surface area contributed by atoms with Crippen LogP contribution in [0.15, 0.2) is 0 Å². The molecular weight excluding hydrogens is 318 g/mol. The molecule has 1 nitrogen and oxygen atoms in total. The highest BCUT2D eigenvalue weighted by molar-refractivity contribution is 4.84.